The molecule has 0 bridgehead atoms. The lowest BCUT2D eigenvalue weighted by Crippen LogP contribution is -2.40. The number of hydrogen-bond donors (Lipinski definition) is 0. The maximum absolute atomic E-state index is 12.3. The van der Waals surface area contributed by atoms with Gasteiger partial charge in [0.1, 0.15) is 0 Å². The third kappa shape index (κ3) is 5.13. The average molecular weight is 207 g/mol. The van der Waals surface area contributed by atoms with Crippen LogP contribution in [0.4, 0.5) is 13.2 Å². The van der Waals surface area contributed by atoms with Crippen LogP contribution in [0.2, 0.25) is 0 Å². The van der Waals surface area contributed by atoms with Gasteiger partial charge in [0.25, 0.3) is 0 Å². The Balaban J connectivity index is 4.29. The molecule has 0 aromatic heterocycles. The lowest BCUT2D eigenvalue weighted by atomic mass is 10.2. The van der Waals surface area contributed by atoms with Gasteiger partial charge in [0.05, 0.1) is 0 Å². The minimum Gasteiger partial charge on any atom is -0.288 e. The fraction of sp³-hybridized carbons (Fsp3) is 0.800. The first-order valence-electron chi connectivity index (χ1n) is 4.61. The first-order valence-corrected chi connectivity index (χ1v) is 4.61. The molecule has 0 spiro atoms. The lowest BCUT2D eigenvalue weighted by molar-refractivity contribution is -0.161. The second kappa shape index (κ2) is 5.92. The Kier molecular flexibility index (Phi) is 5.63. The zero-order chi connectivity index (χ0) is 11.2. The Morgan fingerprint density at radius 3 is 2.21 bits per heavy atom. The summed E-state index contributed by atoms with van der Waals surface area (Å²) in [6, 6.07) is -1.64. The van der Waals surface area contributed by atoms with E-state index in [9.17, 15) is 13.2 Å². The van der Waals surface area contributed by atoms with E-state index in [1.54, 1.807) is 0 Å². The standard InChI is InChI=1S/C10H16F3N/c1-4-5-6-7-8-9(14(2)3)10(11,12)13/h9H,4-6H2,1-3H3. The normalized spacial score (nSPS) is 13.6. The third-order valence-corrected chi connectivity index (χ3v) is 1.72. The van der Waals surface area contributed by atoms with Crippen LogP contribution in [-0.4, -0.2) is 31.2 Å². The summed E-state index contributed by atoms with van der Waals surface area (Å²) in [5.41, 5.74) is 0. The van der Waals surface area contributed by atoms with Crippen molar-refractivity contribution >= 4 is 0 Å². The zero-order valence-electron chi connectivity index (χ0n) is 8.78. The molecule has 4 heteroatoms. The van der Waals surface area contributed by atoms with Gasteiger partial charge in [-0.3, -0.25) is 4.90 Å². The highest BCUT2D eigenvalue weighted by molar-refractivity contribution is 5.10. The van der Waals surface area contributed by atoms with Crippen LogP contribution in [-0.2, 0) is 0 Å². The molecule has 1 unspecified atom stereocenters. The van der Waals surface area contributed by atoms with Crippen molar-refractivity contribution in [1.29, 1.82) is 0 Å². The Labute approximate surface area is 83.3 Å². The molecule has 82 valence electrons. The van der Waals surface area contributed by atoms with Gasteiger partial charge in [-0.15, -0.1) is 5.92 Å². The van der Waals surface area contributed by atoms with Gasteiger partial charge in [0, 0.05) is 6.42 Å². The summed E-state index contributed by atoms with van der Waals surface area (Å²) in [5, 5.41) is 0. The summed E-state index contributed by atoms with van der Waals surface area (Å²) in [4.78, 5) is 1.08. The SMILES string of the molecule is CCCCC#CC(N(C)C)C(F)(F)F. The van der Waals surface area contributed by atoms with Crippen molar-refractivity contribution in [1.82, 2.24) is 4.90 Å². The molecule has 1 nitrogen and oxygen atoms in total. The van der Waals surface area contributed by atoms with Crippen molar-refractivity contribution in [3.8, 4) is 11.8 Å². The number of nitrogens with zero attached hydrogens (tertiary/aromatic N) is 1. The molecule has 0 aliphatic heterocycles. The molecule has 0 saturated heterocycles. The number of hydrogen-bond acceptors (Lipinski definition) is 1. The zero-order valence-corrected chi connectivity index (χ0v) is 8.78. The summed E-state index contributed by atoms with van der Waals surface area (Å²) in [6.07, 6.45) is -1.92. The summed E-state index contributed by atoms with van der Waals surface area (Å²) in [5.74, 6) is 4.81. The van der Waals surface area contributed by atoms with Gasteiger partial charge in [0.15, 0.2) is 6.04 Å². The van der Waals surface area contributed by atoms with Crippen molar-refractivity contribution in [2.24, 2.45) is 0 Å². The molecule has 0 aromatic carbocycles. The quantitative estimate of drug-likeness (QED) is 0.508. The van der Waals surface area contributed by atoms with Crippen LogP contribution in [0.15, 0.2) is 0 Å². The maximum atomic E-state index is 12.3. The molecule has 14 heavy (non-hydrogen) atoms. The van der Waals surface area contributed by atoms with Crippen molar-refractivity contribution in [2.75, 3.05) is 14.1 Å². The van der Waals surface area contributed by atoms with Crippen molar-refractivity contribution in [3.63, 3.8) is 0 Å². The number of alkyl halides is 3. The van der Waals surface area contributed by atoms with Gasteiger partial charge in [0.2, 0.25) is 0 Å². The van der Waals surface area contributed by atoms with Crippen LogP contribution in [0.3, 0.4) is 0 Å². The van der Waals surface area contributed by atoms with Crippen molar-refractivity contribution in [2.45, 2.75) is 38.4 Å². The highest BCUT2D eigenvalue weighted by Gasteiger charge is 2.39. The van der Waals surface area contributed by atoms with Crippen molar-refractivity contribution in [3.05, 3.63) is 0 Å². The Morgan fingerprint density at radius 2 is 1.86 bits per heavy atom. The molecule has 0 N–H and O–H groups in total. The van der Waals surface area contributed by atoms with E-state index in [1.165, 1.54) is 14.1 Å². The summed E-state index contributed by atoms with van der Waals surface area (Å²) >= 11 is 0. The average Bonchev–Trinajstić information content (AvgIpc) is 2.01. The topological polar surface area (TPSA) is 3.24 Å². The van der Waals surface area contributed by atoms with Crippen LogP contribution in [0.25, 0.3) is 0 Å². The largest absolute Gasteiger partial charge is 0.415 e. The molecular formula is C10H16F3N. The maximum Gasteiger partial charge on any atom is 0.415 e. The number of unbranched alkanes of at least 4 members (excludes halogenated alkanes) is 2. The number of halogens is 3. The molecule has 0 aliphatic rings. The van der Waals surface area contributed by atoms with Crippen LogP contribution in [0.5, 0.6) is 0 Å². The molecule has 1 atom stereocenters. The third-order valence-electron chi connectivity index (χ3n) is 1.72. The van der Waals surface area contributed by atoms with Crippen molar-refractivity contribution < 1.29 is 13.2 Å². The molecule has 0 radical (unpaired) electrons. The summed E-state index contributed by atoms with van der Waals surface area (Å²) in [7, 11) is 2.76. The second-order valence-corrected chi connectivity index (χ2v) is 3.33. The summed E-state index contributed by atoms with van der Waals surface area (Å²) < 4.78 is 37.0. The van der Waals surface area contributed by atoms with Gasteiger partial charge < -0.3 is 0 Å². The first-order chi connectivity index (χ1) is 6.39. The molecule has 0 amide bonds. The van der Waals surface area contributed by atoms with Crippen LogP contribution in [0, 0.1) is 11.8 Å². The van der Waals surface area contributed by atoms with E-state index < -0.39 is 12.2 Å². The Morgan fingerprint density at radius 1 is 1.29 bits per heavy atom. The van der Waals surface area contributed by atoms with Gasteiger partial charge in [-0.25, -0.2) is 0 Å². The van der Waals surface area contributed by atoms with E-state index >= 15 is 0 Å². The first kappa shape index (κ1) is 13.3. The fourth-order valence-corrected chi connectivity index (χ4v) is 0.938. The predicted molar refractivity (Wildman–Crippen MR) is 50.8 cm³/mol. The minimum absolute atomic E-state index is 0.539. The van der Waals surface area contributed by atoms with Gasteiger partial charge in [-0.1, -0.05) is 19.3 Å². The van der Waals surface area contributed by atoms with Crippen LogP contribution in [0.1, 0.15) is 26.2 Å². The molecule has 0 rings (SSSR count). The van der Waals surface area contributed by atoms with E-state index in [0.29, 0.717) is 6.42 Å². The monoisotopic (exact) mass is 207 g/mol. The van der Waals surface area contributed by atoms with Gasteiger partial charge >= 0.3 is 6.18 Å². The van der Waals surface area contributed by atoms with E-state index in [4.69, 9.17) is 0 Å². The van der Waals surface area contributed by atoms with Crippen LogP contribution >= 0.6 is 0 Å². The summed E-state index contributed by atoms with van der Waals surface area (Å²) in [6.45, 7) is 1.98. The van der Waals surface area contributed by atoms with Crippen LogP contribution < -0.4 is 0 Å². The van der Waals surface area contributed by atoms with Gasteiger partial charge in [-0.2, -0.15) is 13.2 Å². The fourth-order valence-electron chi connectivity index (χ4n) is 0.938. The Bertz CT molecular complexity index is 210. The molecule has 0 aliphatic carbocycles. The molecule has 0 fully saturated rings. The predicted octanol–water partition coefficient (Wildman–Crippen LogP) is 2.67. The number of rotatable bonds is 3. The minimum atomic E-state index is -4.26. The van der Waals surface area contributed by atoms with Gasteiger partial charge in [-0.05, 0) is 20.5 Å². The second-order valence-electron chi connectivity index (χ2n) is 3.33. The van der Waals surface area contributed by atoms with E-state index in [1.807, 2.05) is 6.92 Å². The highest BCUT2D eigenvalue weighted by Crippen LogP contribution is 2.22. The molecule has 0 aromatic rings. The molecule has 0 heterocycles. The highest BCUT2D eigenvalue weighted by atomic mass is 19.4. The molecular weight excluding hydrogens is 191 g/mol. The molecule has 0 saturated carbocycles. The smallest absolute Gasteiger partial charge is 0.288 e. The van der Waals surface area contributed by atoms with E-state index in [0.717, 1.165) is 17.7 Å². The Hall–Kier alpha value is -0.690. The van der Waals surface area contributed by atoms with E-state index in [2.05, 4.69) is 11.8 Å². The van der Waals surface area contributed by atoms with E-state index in [-0.39, 0.29) is 0 Å². The lowest BCUT2D eigenvalue weighted by Gasteiger charge is -2.21.